The minimum atomic E-state index is -4.88. The van der Waals surface area contributed by atoms with Crippen LogP contribution in [-0.2, 0) is 41.4 Å². The fourth-order valence-electron chi connectivity index (χ4n) is 4.06. The Morgan fingerprint density at radius 3 is 2.44 bits per heavy atom. The van der Waals surface area contributed by atoms with E-state index in [9.17, 15) is 27.0 Å². The molecule has 0 bridgehead atoms. The molecule has 0 N–H and O–H groups in total. The molecule has 4 rings (SSSR count). The predicted molar refractivity (Wildman–Crippen MR) is 140 cm³/mol. The zero-order valence-electron chi connectivity index (χ0n) is 20.9. The highest BCUT2D eigenvalue weighted by Gasteiger charge is 2.31. The van der Waals surface area contributed by atoms with E-state index in [1.807, 2.05) is 0 Å². The standard InChI is InChI=1S/C25H24ClF3N4O5S/c1-31-21-20(22(34)32(24(31)35)11-4-12-37-2)33(14-16-7-9-18(26)10-8-16)23(30-21)39(36)15-17-5-3-6-19(13-17)38-25(27,28)29/h3,5-10,13H,4,11-12,14-15H2,1-2H3. The summed E-state index contributed by atoms with van der Waals surface area (Å²) in [5.41, 5.74) is -0.0623. The Bertz CT molecular complexity index is 1630. The van der Waals surface area contributed by atoms with Gasteiger partial charge in [0.15, 0.2) is 11.2 Å². The molecule has 0 radical (unpaired) electrons. The highest BCUT2D eigenvalue weighted by atomic mass is 35.5. The normalized spacial score (nSPS) is 12.7. The van der Waals surface area contributed by atoms with E-state index in [1.54, 1.807) is 24.3 Å². The number of methoxy groups -OCH3 is 1. The molecule has 2 aromatic carbocycles. The van der Waals surface area contributed by atoms with Gasteiger partial charge in [-0.1, -0.05) is 35.9 Å². The van der Waals surface area contributed by atoms with E-state index in [1.165, 1.54) is 35.4 Å². The number of hydrogen-bond donors (Lipinski definition) is 0. The lowest BCUT2D eigenvalue weighted by Gasteiger charge is -2.12. The Balaban J connectivity index is 1.82. The number of aryl methyl sites for hydroxylation is 1. The molecule has 0 aliphatic rings. The molecule has 9 nitrogen and oxygen atoms in total. The number of aromatic nitrogens is 4. The number of alkyl halides is 3. The molecule has 1 unspecified atom stereocenters. The van der Waals surface area contributed by atoms with Gasteiger partial charge in [0.05, 0.1) is 23.1 Å². The van der Waals surface area contributed by atoms with Gasteiger partial charge in [0.1, 0.15) is 5.75 Å². The first kappa shape index (κ1) is 28.6. The monoisotopic (exact) mass is 584 g/mol. The van der Waals surface area contributed by atoms with E-state index in [0.717, 1.165) is 22.3 Å². The molecule has 0 amide bonds. The Morgan fingerprint density at radius 2 is 1.77 bits per heavy atom. The van der Waals surface area contributed by atoms with E-state index in [0.29, 0.717) is 23.6 Å². The number of fused-ring (bicyclic) bond motifs is 1. The molecule has 2 aromatic heterocycles. The van der Waals surface area contributed by atoms with Crippen LogP contribution in [0.1, 0.15) is 17.5 Å². The Labute approximate surface area is 227 Å². The first-order chi connectivity index (χ1) is 18.5. The summed E-state index contributed by atoms with van der Waals surface area (Å²) in [4.78, 5) is 30.9. The minimum Gasteiger partial charge on any atom is -0.406 e. The minimum absolute atomic E-state index is 0.0103. The maximum atomic E-state index is 13.6. The number of hydrogen-bond acceptors (Lipinski definition) is 6. The summed E-state index contributed by atoms with van der Waals surface area (Å²) < 4.78 is 64.4. The van der Waals surface area contributed by atoms with Crippen molar-refractivity contribution < 1.29 is 26.9 Å². The van der Waals surface area contributed by atoms with Gasteiger partial charge in [-0.3, -0.25) is 18.1 Å². The van der Waals surface area contributed by atoms with E-state index in [2.05, 4.69) is 9.72 Å². The van der Waals surface area contributed by atoms with Gasteiger partial charge in [-0.05, 0) is 41.8 Å². The van der Waals surface area contributed by atoms with Gasteiger partial charge in [-0.2, -0.15) is 0 Å². The molecule has 2 heterocycles. The van der Waals surface area contributed by atoms with Crippen molar-refractivity contribution in [3.63, 3.8) is 0 Å². The first-order valence-electron chi connectivity index (χ1n) is 11.6. The van der Waals surface area contributed by atoms with E-state index in [4.69, 9.17) is 16.3 Å². The van der Waals surface area contributed by atoms with Crippen LogP contribution in [0.25, 0.3) is 11.2 Å². The third-order valence-electron chi connectivity index (χ3n) is 5.81. The molecule has 0 spiro atoms. The molecule has 39 heavy (non-hydrogen) atoms. The summed E-state index contributed by atoms with van der Waals surface area (Å²) in [6.07, 6.45) is -4.46. The lowest BCUT2D eigenvalue weighted by molar-refractivity contribution is -0.274. The molecule has 0 fully saturated rings. The van der Waals surface area contributed by atoms with Gasteiger partial charge in [0.25, 0.3) is 5.56 Å². The summed E-state index contributed by atoms with van der Waals surface area (Å²) >= 11 is 6.01. The Kier molecular flexibility index (Phi) is 8.62. The van der Waals surface area contributed by atoms with Crippen LogP contribution in [0, 0.1) is 0 Å². The molecule has 0 saturated heterocycles. The van der Waals surface area contributed by atoms with Crippen molar-refractivity contribution in [1.29, 1.82) is 0 Å². The second kappa shape index (κ2) is 11.8. The smallest absolute Gasteiger partial charge is 0.406 e. The summed E-state index contributed by atoms with van der Waals surface area (Å²) in [7, 11) is 1.05. The highest BCUT2D eigenvalue weighted by Crippen LogP contribution is 2.25. The molecular formula is C25H24ClF3N4O5S. The van der Waals surface area contributed by atoms with Crippen LogP contribution in [0.2, 0.25) is 5.02 Å². The van der Waals surface area contributed by atoms with Gasteiger partial charge in [-0.25, -0.2) is 9.78 Å². The van der Waals surface area contributed by atoms with Crippen molar-refractivity contribution in [3.8, 4) is 5.75 Å². The average Bonchev–Trinajstić information content (AvgIpc) is 3.25. The fraction of sp³-hybridized carbons (Fsp3) is 0.320. The second-order valence-electron chi connectivity index (χ2n) is 8.61. The zero-order chi connectivity index (χ0) is 28.3. The van der Waals surface area contributed by atoms with Crippen LogP contribution in [0.15, 0.2) is 63.3 Å². The number of rotatable bonds is 10. The SMILES string of the molecule is COCCCn1c(=O)c2c(nc(S(=O)Cc3cccc(OC(F)(F)F)c3)n2Cc2ccc(Cl)cc2)n(C)c1=O. The number of nitrogens with zero attached hydrogens (tertiary/aromatic N) is 4. The van der Waals surface area contributed by atoms with Gasteiger partial charge in [0, 0.05) is 32.3 Å². The van der Waals surface area contributed by atoms with Crippen LogP contribution in [0.4, 0.5) is 13.2 Å². The Morgan fingerprint density at radius 1 is 1.05 bits per heavy atom. The lowest BCUT2D eigenvalue weighted by Crippen LogP contribution is -2.40. The molecule has 14 heteroatoms. The molecule has 0 aliphatic heterocycles. The lowest BCUT2D eigenvalue weighted by atomic mass is 10.2. The topological polar surface area (TPSA) is 97.3 Å². The third kappa shape index (κ3) is 6.60. The number of ether oxygens (including phenoxy) is 2. The van der Waals surface area contributed by atoms with Gasteiger partial charge >= 0.3 is 12.1 Å². The molecule has 208 valence electrons. The maximum absolute atomic E-state index is 13.6. The van der Waals surface area contributed by atoms with Crippen LogP contribution in [0.3, 0.4) is 0 Å². The van der Waals surface area contributed by atoms with Crippen LogP contribution < -0.4 is 16.0 Å². The fourth-order valence-corrected chi connectivity index (χ4v) is 5.38. The third-order valence-corrected chi connectivity index (χ3v) is 7.38. The maximum Gasteiger partial charge on any atom is 0.573 e. The molecule has 0 saturated carbocycles. The highest BCUT2D eigenvalue weighted by molar-refractivity contribution is 7.84. The van der Waals surface area contributed by atoms with Crippen LogP contribution in [-0.4, -0.2) is 43.0 Å². The number of benzene rings is 2. The van der Waals surface area contributed by atoms with Crippen molar-refractivity contribution in [1.82, 2.24) is 18.7 Å². The van der Waals surface area contributed by atoms with Crippen molar-refractivity contribution >= 4 is 33.6 Å². The molecule has 1 atom stereocenters. The Hall–Kier alpha value is -3.42. The molecule has 4 aromatic rings. The van der Waals surface area contributed by atoms with Crippen LogP contribution in [0.5, 0.6) is 5.75 Å². The number of imidazole rings is 1. The van der Waals surface area contributed by atoms with Crippen molar-refractivity contribution in [3.05, 3.63) is 85.5 Å². The summed E-state index contributed by atoms with van der Waals surface area (Å²) in [5.74, 6) is -0.664. The van der Waals surface area contributed by atoms with Gasteiger partial charge in [0.2, 0.25) is 5.16 Å². The zero-order valence-corrected chi connectivity index (χ0v) is 22.5. The molecular weight excluding hydrogens is 561 g/mol. The second-order valence-corrected chi connectivity index (χ2v) is 10.4. The van der Waals surface area contributed by atoms with E-state index < -0.39 is 34.2 Å². The molecule has 0 aliphatic carbocycles. The van der Waals surface area contributed by atoms with E-state index >= 15 is 0 Å². The van der Waals surface area contributed by atoms with Gasteiger partial charge in [-0.15, -0.1) is 13.2 Å². The van der Waals surface area contributed by atoms with E-state index in [-0.39, 0.29) is 35.2 Å². The summed E-state index contributed by atoms with van der Waals surface area (Å²) in [5, 5.41) is 0.491. The first-order valence-corrected chi connectivity index (χ1v) is 13.3. The van der Waals surface area contributed by atoms with Crippen molar-refractivity contribution in [2.75, 3.05) is 13.7 Å². The summed E-state index contributed by atoms with van der Waals surface area (Å²) in [6.45, 7) is 0.521. The van der Waals surface area contributed by atoms with Gasteiger partial charge < -0.3 is 14.0 Å². The summed E-state index contributed by atoms with van der Waals surface area (Å²) in [6, 6.07) is 11.9. The number of halogens is 4. The largest absolute Gasteiger partial charge is 0.573 e. The quantitative estimate of drug-likeness (QED) is 0.263. The average molecular weight is 585 g/mol. The van der Waals surface area contributed by atoms with Crippen LogP contribution >= 0.6 is 11.6 Å². The predicted octanol–water partition coefficient (Wildman–Crippen LogP) is 3.84. The van der Waals surface area contributed by atoms with Crippen molar-refractivity contribution in [2.24, 2.45) is 7.05 Å². The van der Waals surface area contributed by atoms with Crippen molar-refractivity contribution in [2.45, 2.75) is 36.8 Å².